The van der Waals surface area contributed by atoms with Gasteiger partial charge in [-0.1, -0.05) is 32.0 Å². The molecule has 116 valence electrons. The van der Waals surface area contributed by atoms with Gasteiger partial charge in [0.05, 0.1) is 0 Å². The lowest BCUT2D eigenvalue weighted by Gasteiger charge is -2.55. The van der Waals surface area contributed by atoms with Gasteiger partial charge < -0.3 is 9.64 Å². The monoisotopic (exact) mass is 297 g/mol. The highest BCUT2D eigenvalue weighted by molar-refractivity contribution is 5.40. The Bertz CT molecular complexity index is 642. The van der Waals surface area contributed by atoms with E-state index in [9.17, 15) is 0 Å². The van der Waals surface area contributed by atoms with Crippen LogP contribution >= 0.6 is 0 Å². The molecule has 0 saturated heterocycles. The maximum atomic E-state index is 6.15. The number of ether oxygens (including phenoxy) is 1. The number of benzene rings is 1. The van der Waals surface area contributed by atoms with E-state index in [2.05, 4.69) is 35.8 Å². The topological polar surface area (TPSA) is 38.2 Å². The second-order valence-electron chi connectivity index (χ2n) is 6.57. The third-order valence-corrected chi connectivity index (χ3v) is 4.74. The van der Waals surface area contributed by atoms with Crippen molar-refractivity contribution in [3.63, 3.8) is 0 Å². The maximum absolute atomic E-state index is 6.15. The van der Waals surface area contributed by atoms with Crippen LogP contribution in [-0.4, -0.2) is 29.2 Å². The summed E-state index contributed by atoms with van der Waals surface area (Å²) >= 11 is 0. The number of nitrogens with zero attached hydrogens (tertiary/aromatic N) is 3. The minimum absolute atomic E-state index is 0.0729. The van der Waals surface area contributed by atoms with Crippen LogP contribution in [0.2, 0.25) is 0 Å². The first-order valence-electron chi connectivity index (χ1n) is 7.72. The molecule has 3 rings (SSSR count). The molecule has 0 bridgehead atoms. The Hall–Kier alpha value is -2.10. The average Bonchev–Trinajstić information content (AvgIpc) is 2.51. The number of aromatic nitrogens is 2. The molecule has 4 nitrogen and oxygen atoms in total. The zero-order valence-corrected chi connectivity index (χ0v) is 13.7. The fourth-order valence-corrected chi connectivity index (χ4v) is 3.18. The molecule has 0 aliphatic heterocycles. The van der Waals surface area contributed by atoms with Gasteiger partial charge in [0, 0.05) is 31.1 Å². The molecule has 4 heteroatoms. The number of rotatable bonds is 4. The molecular weight excluding hydrogens is 274 g/mol. The summed E-state index contributed by atoms with van der Waals surface area (Å²) in [6.07, 6.45) is 3.05. The molecule has 2 aromatic rings. The summed E-state index contributed by atoms with van der Waals surface area (Å²) in [5.74, 6) is 2.72. The van der Waals surface area contributed by atoms with Crippen LogP contribution in [0.1, 0.15) is 26.1 Å². The molecule has 1 saturated carbocycles. The van der Waals surface area contributed by atoms with Gasteiger partial charge in [-0.25, -0.2) is 9.97 Å². The molecule has 0 N–H and O–H groups in total. The third kappa shape index (κ3) is 2.65. The maximum Gasteiger partial charge on any atom is 0.132 e. The lowest BCUT2D eigenvalue weighted by atomic mass is 9.64. The molecule has 22 heavy (non-hydrogen) atoms. The largest absolute Gasteiger partial charge is 0.490 e. The zero-order valence-electron chi connectivity index (χ0n) is 13.7. The standard InChI is InChI=1S/C18H23N3O/c1-13-19-11-10-17(20-13)21(4)15-12-16(18(15,2)3)22-14-8-6-5-7-9-14/h5-11,15-16H,12H2,1-4H3/t15-,16+/m0/s1. The Morgan fingerprint density at radius 3 is 2.55 bits per heavy atom. The van der Waals surface area contributed by atoms with Crippen molar-refractivity contribution in [3.8, 4) is 5.75 Å². The first-order valence-corrected chi connectivity index (χ1v) is 7.72. The number of hydrogen-bond donors (Lipinski definition) is 0. The molecule has 0 spiro atoms. The van der Waals surface area contributed by atoms with Crippen molar-refractivity contribution in [2.24, 2.45) is 5.41 Å². The van der Waals surface area contributed by atoms with E-state index in [0.717, 1.165) is 23.8 Å². The van der Waals surface area contributed by atoms with Crippen LogP contribution in [0.15, 0.2) is 42.6 Å². The lowest BCUT2D eigenvalue weighted by Crippen LogP contribution is -2.62. The second-order valence-corrected chi connectivity index (χ2v) is 6.57. The van der Waals surface area contributed by atoms with Crippen molar-refractivity contribution < 1.29 is 4.74 Å². The summed E-state index contributed by atoms with van der Waals surface area (Å²) in [4.78, 5) is 10.9. The predicted octanol–water partition coefficient (Wildman–Crippen LogP) is 3.47. The van der Waals surface area contributed by atoms with Crippen molar-refractivity contribution in [2.75, 3.05) is 11.9 Å². The minimum atomic E-state index is 0.0729. The van der Waals surface area contributed by atoms with Crippen molar-refractivity contribution in [1.82, 2.24) is 9.97 Å². The summed E-state index contributed by atoms with van der Waals surface area (Å²) in [6, 6.07) is 12.4. The zero-order chi connectivity index (χ0) is 15.7. The van der Waals surface area contributed by atoms with Gasteiger partial charge in [-0.3, -0.25) is 0 Å². The van der Waals surface area contributed by atoms with Crippen LogP contribution in [0, 0.1) is 12.3 Å². The van der Waals surface area contributed by atoms with Crippen molar-refractivity contribution >= 4 is 5.82 Å². The molecule has 1 aromatic carbocycles. The Labute approximate surface area is 132 Å². The fourth-order valence-electron chi connectivity index (χ4n) is 3.18. The van der Waals surface area contributed by atoms with E-state index in [1.807, 2.05) is 49.5 Å². The molecule has 1 heterocycles. The average molecular weight is 297 g/mol. The fraction of sp³-hybridized carbons (Fsp3) is 0.444. The molecule has 2 atom stereocenters. The SMILES string of the molecule is Cc1nccc(N(C)[C@H]2C[C@@H](Oc3ccccc3)C2(C)C)n1. The number of hydrogen-bond acceptors (Lipinski definition) is 4. The Balaban J connectivity index is 1.70. The van der Waals surface area contributed by atoms with Gasteiger partial charge in [0.15, 0.2) is 0 Å². The van der Waals surface area contributed by atoms with E-state index in [1.54, 1.807) is 0 Å². The lowest BCUT2D eigenvalue weighted by molar-refractivity contribution is -0.0417. The van der Waals surface area contributed by atoms with E-state index in [-0.39, 0.29) is 11.5 Å². The van der Waals surface area contributed by atoms with Crippen molar-refractivity contribution in [2.45, 2.75) is 39.3 Å². The van der Waals surface area contributed by atoms with Crippen molar-refractivity contribution in [3.05, 3.63) is 48.4 Å². The summed E-state index contributed by atoms with van der Waals surface area (Å²) in [6.45, 7) is 6.45. The molecular formula is C18H23N3O. The van der Waals surface area contributed by atoms with Gasteiger partial charge >= 0.3 is 0 Å². The Morgan fingerprint density at radius 2 is 1.91 bits per heavy atom. The van der Waals surface area contributed by atoms with Gasteiger partial charge in [-0.15, -0.1) is 0 Å². The molecule has 0 unspecified atom stereocenters. The molecule has 1 aliphatic carbocycles. The first kappa shape index (κ1) is 14.8. The van der Waals surface area contributed by atoms with E-state index in [1.165, 1.54) is 0 Å². The van der Waals surface area contributed by atoms with Gasteiger partial charge in [0.2, 0.25) is 0 Å². The first-order chi connectivity index (χ1) is 10.5. The van der Waals surface area contributed by atoms with Crippen LogP contribution in [-0.2, 0) is 0 Å². The molecule has 0 radical (unpaired) electrons. The highest BCUT2D eigenvalue weighted by Crippen LogP contribution is 2.46. The number of para-hydroxylation sites is 1. The summed E-state index contributed by atoms with van der Waals surface area (Å²) in [5, 5.41) is 0. The van der Waals surface area contributed by atoms with Crippen LogP contribution in [0.25, 0.3) is 0 Å². The van der Waals surface area contributed by atoms with E-state index in [4.69, 9.17) is 4.74 Å². The van der Waals surface area contributed by atoms with E-state index in [0.29, 0.717) is 6.04 Å². The summed E-state index contributed by atoms with van der Waals surface area (Å²) < 4.78 is 6.15. The smallest absolute Gasteiger partial charge is 0.132 e. The summed E-state index contributed by atoms with van der Waals surface area (Å²) in [7, 11) is 2.10. The minimum Gasteiger partial charge on any atom is -0.490 e. The van der Waals surface area contributed by atoms with Crippen LogP contribution in [0.3, 0.4) is 0 Å². The summed E-state index contributed by atoms with van der Waals surface area (Å²) in [5.41, 5.74) is 0.0729. The normalized spacial score (nSPS) is 22.7. The highest BCUT2D eigenvalue weighted by Gasteiger charge is 2.52. The van der Waals surface area contributed by atoms with E-state index < -0.39 is 0 Å². The Kier molecular flexibility index (Phi) is 3.77. The van der Waals surface area contributed by atoms with Gasteiger partial charge in [-0.2, -0.15) is 0 Å². The number of anilines is 1. The predicted molar refractivity (Wildman–Crippen MR) is 88.2 cm³/mol. The Morgan fingerprint density at radius 1 is 1.18 bits per heavy atom. The van der Waals surface area contributed by atoms with E-state index >= 15 is 0 Å². The second kappa shape index (κ2) is 5.59. The van der Waals surface area contributed by atoms with Crippen LogP contribution < -0.4 is 9.64 Å². The van der Waals surface area contributed by atoms with Gasteiger partial charge in [0.1, 0.15) is 23.5 Å². The van der Waals surface area contributed by atoms with Crippen molar-refractivity contribution in [1.29, 1.82) is 0 Å². The van der Waals surface area contributed by atoms with Gasteiger partial charge in [0.25, 0.3) is 0 Å². The molecule has 1 fully saturated rings. The quantitative estimate of drug-likeness (QED) is 0.866. The molecule has 1 aliphatic rings. The third-order valence-electron chi connectivity index (χ3n) is 4.74. The van der Waals surface area contributed by atoms with Crippen LogP contribution in [0.4, 0.5) is 5.82 Å². The number of aryl methyl sites for hydroxylation is 1. The highest BCUT2D eigenvalue weighted by atomic mass is 16.5. The van der Waals surface area contributed by atoms with Crippen LogP contribution in [0.5, 0.6) is 5.75 Å². The molecule has 1 aromatic heterocycles. The van der Waals surface area contributed by atoms with Gasteiger partial charge in [-0.05, 0) is 25.1 Å². The molecule has 0 amide bonds.